The molecule has 0 unspecified atom stereocenters. The van der Waals surface area contributed by atoms with Gasteiger partial charge < -0.3 is 10.1 Å². The molecule has 1 saturated carbocycles. The van der Waals surface area contributed by atoms with E-state index in [1.807, 2.05) is 48.5 Å². The van der Waals surface area contributed by atoms with E-state index < -0.39 is 0 Å². The molecule has 0 bridgehead atoms. The lowest BCUT2D eigenvalue weighted by Gasteiger charge is -2.12. The number of carbonyl (C=O) groups is 2. The van der Waals surface area contributed by atoms with Crippen molar-refractivity contribution in [1.82, 2.24) is 4.98 Å². The van der Waals surface area contributed by atoms with Crippen LogP contribution in [0.1, 0.15) is 23.2 Å². The van der Waals surface area contributed by atoms with Crippen LogP contribution in [0.25, 0.3) is 21.0 Å². The normalized spacial score (nSPS) is 13.4. The van der Waals surface area contributed by atoms with E-state index in [-0.39, 0.29) is 17.7 Å². The Bertz CT molecular complexity index is 1290. The monoisotopic (exact) mass is 417 g/mol. The van der Waals surface area contributed by atoms with Gasteiger partial charge in [-0.15, -0.1) is 0 Å². The number of rotatable bonds is 5. The largest absolute Gasteiger partial charge is 0.494 e. The van der Waals surface area contributed by atoms with Crippen LogP contribution in [-0.2, 0) is 4.79 Å². The average Bonchev–Trinajstić information content (AvgIpc) is 3.53. The van der Waals surface area contributed by atoms with Crippen molar-refractivity contribution in [2.24, 2.45) is 5.92 Å². The van der Waals surface area contributed by atoms with Gasteiger partial charge in [-0.2, -0.15) is 0 Å². The molecule has 150 valence electrons. The molecule has 0 aliphatic heterocycles. The Morgan fingerprint density at radius 3 is 2.53 bits per heavy atom. The van der Waals surface area contributed by atoms with E-state index in [4.69, 9.17) is 4.74 Å². The Balaban J connectivity index is 1.50. The van der Waals surface area contributed by atoms with Crippen LogP contribution >= 0.6 is 11.3 Å². The van der Waals surface area contributed by atoms with Gasteiger partial charge in [0.2, 0.25) is 5.91 Å². The Hall–Kier alpha value is -3.45. The van der Waals surface area contributed by atoms with Gasteiger partial charge in [0, 0.05) is 5.92 Å². The highest BCUT2D eigenvalue weighted by molar-refractivity contribution is 7.22. The predicted octanol–water partition coefficient (Wildman–Crippen LogP) is 5.06. The molecule has 0 radical (unpaired) electrons. The highest BCUT2D eigenvalue weighted by Gasteiger charge is 2.30. The fraction of sp³-hybridized carbons (Fsp3) is 0.174. The van der Waals surface area contributed by atoms with E-state index in [2.05, 4.69) is 15.6 Å². The molecule has 1 heterocycles. The van der Waals surface area contributed by atoms with Crippen molar-refractivity contribution >= 4 is 55.0 Å². The molecule has 7 heteroatoms. The molecule has 1 aromatic heterocycles. The maximum absolute atomic E-state index is 13.1. The lowest BCUT2D eigenvalue weighted by molar-refractivity contribution is -0.117. The Morgan fingerprint density at radius 1 is 1.03 bits per heavy atom. The van der Waals surface area contributed by atoms with Crippen LogP contribution in [0.3, 0.4) is 0 Å². The summed E-state index contributed by atoms with van der Waals surface area (Å²) >= 11 is 1.38. The topological polar surface area (TPSA) is 80.3 Å². The number of benzene rings is 3. The molecule has 3 aromatic carbocycles. The van der Waals surface area contributed by atoms with E-state index in [9.17, 15) is 9.59 Å². The van der Waals surface area contributed by atoms with Gasteiger partial charge in [0.15, 0.2) is 5.13 Å². The maximum atomic E-state index is 13.1. The predicted molar refractivity (Wildman–Crippen MR) is 119 cm³/mol. The van der Waals surface area contributed by atoms with Gasteiger partial charge in [-0.3, -0.25) is 14.9 Å². The number of hydrogen-bond donors (Lipinski definition) is 2. The Labute approximate surface area is 176 Å². The second kappa shape index (κ2) is 7.42. The third-order valence-corrected chi connectivity index (χ3v) is 6.09. The minimum Gasteiger partial charge on any atom is -0.494 e. The summed E-state index contributed by atoms with van der Waals surface area (Å²) in [6.45, 7) is 0. The van der Waals surface area contributed by atoms with Crippen molar-refractivity contribution in [2.45, 2.75) is 12.8 Å². The van der Waals surface area contributed by atoms with Crippen LogP contribution in [0.15, 0.2) is 54.6 Å². The summed E-state index contributed by atoms with van der Waals surface area (Å²) in [5.74, 6) is 0.352. The SMILES string of the molecule is COc1cccc2sc(NC(=O)c3cc4ccccc4cc3NC(=O)C3CC3)nc12. The lowest BCUT2D eigenvalue weighted by Crippen LogP contribution is -2.19. The summed E-state index contributed by atoms with van der Waals surface area (Å²) in [4.78, 5) is 30.0. The summed E-state index contributed by atoms with van der Waals surface area (Å²) in [6.07, 6.45) is 1.79. The minimum atomic E-state index is -0.315. The van der Waals surface area contributed by atoms with Crippen LogP contribution in [0, 0.1) is 5.92 Å². The number of hydrogen-bond acceptors (Lipinski definition) is 5. The molecule has 30 heavy (non-hydrogen) atoms. The summed E-state index contributed by atoms with van der Waals surface area (Å²) < 4.78 is 6.28. The molecule has 5 rings (SSSR count). The van der Waals surface area contributed by atoms with Crippen LogP contribution in [0.2, 0.25) is 0 Å². The number of para-hydroxylation sites is 1. The molecule has 2 amide bonds. The van der Waals surface area contributed by atoms with E-state index in [0.717, 1.165) is 28.3 Å². The number of thiazole rings is 1. The van der Waals surface area contributed by atoms with Gasteiger partial charge in [0.05, 0.1) is 23.1 Å². The van der Waals surface area contributed by atoms with Crippen LogP contribution in [0.4, 0.5) is 10.8 Å². The number of methoxy groups -OCH3 is 1. The number of anilines is 2. The molecule has 2 N–H and O–H groups in total. The zero-order valence-corrected chi connectivity index (χ0v) is 17.1. The van der Waals surface area contributed by atoms with E-state index in [1.165, 1.54) is 11.3 Å². The first-order valence-electron chi connectivity index (χ1n) is 9.71. The first-order chi connectivity index (χ1) is 14.6. The zero-order valence-electron chi connectivity index (χ0n) is 16.3. The molecule has 1 aliphatic carbocycles. The number of amides is 2. The van der Waals surface area contributed by atoms with Gasteiger partial charge in [-0.05, 0) is 47.9 Å². The highest BCUT2D eigenvalue weighted by Crippen LogP contribution is 2.34. The summed E-state index contributed by atoms with van der Waals surface area (Å²) in [5.41, 5.74) is 1.64. The van der Waals surface area contributed by atoms with Crippen LogP contribution in [0.5, 0.6) is 5.75 Å². The van der Waals surface area contributed by atoms with E-state index in [0.29, 0.717) is 27.6 Å². The molecule has 0 spiro atoms. The fourth-order valence-corrected chi connectivity index (χ4v) is 4.30. The Morgan fingerprint density at radius 2 is 1.80 bits per heavy atom. The van der Waals surface area contributed by atoms with Crippen molar-refractivity contribution in [3.63, 3.8) is 0 Å². The molecule has 1 fully saturated rings. The molecule has 4 aromatic rings. The van der Waals surface area contributed by atoms with Gasteiger partial charge in [0.25, 0.3) is 5.91 Å². The lowest BCUT2D eigenvalue weighted by atomic mass is 10.0. The third-order valence-electron chi connectivity index (χ3n) is 5.16. The van der Waals surface area contributed by atoms with E-state index in [1.54, 1.807) is 13.2 Å². The molecule has 0 atom stereocenters. The third kappa shape index (κ3) is 3.48. The number of aromatic nitrogens is 1. The Kier molecular flexibility index (Phi) is 4.59. The second-order valence-electron chi connectivity index (χ2n) is 7.29. The van der Waals surface area contributed by atoms with Crippen molar-refractivity contribution < 1.29 is 14.3 Å². The standard InChI is InChI=1S/C23H19N3O3S/c1-29-18-7-4-8-19-20(18)25-23(30-19)26-22(28)16-11-14-5-2-3-6-15(14)12-17(16)24-21(27)13-9-10-13/h2-8,11-13H,9-10H2,1H3,(H,24,27)(H,25,26,28). The van der Waals surface area contributed by atoms with Crippen LogP contribution < -0.4 is 15.4 Å². The summed E-state index contributed by atoms with van der Waals surface area (Å²) in [5, 5.41) is 8.19. The van der Waals surface area contributed by atoms with Gasteiger partial charge >= 0.3 is 0 Å². The molecule has 1 aliphatic rings. The zero-order chi connectivity index (χ0) is 20.7. The number of fused-ring (bicyclic) bond motifs is 2. The first-order valence-corrected chi connectivity index (χ1v) is 10.5. The van der Waals surface area contributed by atoms with Crippen molar-refractivity contribution in [2.75, 3.05) is 17.7 Å². The number of nitrogens with one attached hydrogen (secondary N) is 2. The van der Waals surface area contributed by atoms with Crippen molar-refractivity contribution in [3.05, 3.63) is 60.2 Å². The van der Waals surface area contributed by atoms with Gasteiger partial charge in [-0.1, -0.05) is 41.7 Å². The first kappa shape index (κ1) is 18.6. The molecular formula is C23H19N3O3S. The molecular weight excluding hydrogens is 398 g/mol. The van der Waals surface area contributed by atoms with Crippen molar-refractivity contribution in [1.29, 1.82) is 0 Å². The number of nitrogens with zero attached hydrogens (tertiary/aromatic N) is 1. The smallest absolute Gasteiger partial charge is 0.259 e. The minimum absolute atomic E-state index is 0.0379. The fourth-order valence-electron chi connectivity index (χ4n) is 3.42. The van der Waals surface area contributed by atoms with Gasteiger partial charge in [0.1, 0.15) is 11.3 Å². The maximum Gasteiger partial charge on any atom is 0.259 e. The van der Waals surface area contributed by atoms with Gasteiger partial charge in [-0.25, -0.2) is 4.98 Å². The summed E-state index contributed by atoms with van der Waals surface area (Å²) in [6, 6.07) is 17.1. The quantitative estimate of drug-likeness (QED) is 0.476. The van der Waals surface area contributed by atoms with E-state index >= 15 is 0 Å². The second-order valence-corrected chi connectivity index (χ2v) is 8.32. The number of carbonyl (C=O) groups excluding carboxylic acids is 2. The molecule has 6 nitrogen and oxygen atoms in total. The van der Waals surface area contributed by atoms with Crippen molar-refractivity contribution in [3.8, 4) is 5.75 Å². The summed E-state index contributed by atoms with van der Waals surface area (Å²) in [7, 11) is 1.59. The molecule has 0 saturated heterocycles. The average molecular weight is 417 g/mol. The highest BCUT2D eigenvalue weighted by atomic mass is 32.1. The van der Waals surface area contributed by atoms with Crippen LogP contribution in [-0.4, -0.2) is 23.9 Å². The number of ether oxygens (including phenoxy) is 1.